The minimum absolute atomic E-state index is 0.000666. The molecule has 120 valence electrons. The molecule has 7 nitrogen and oxygen atoms in total. The quantitative estimate of drug-likeness (QED) is 0.573. The van der Waals surface area contributed by atoms with Crippen molar-refractivity contribution in [1.29, 1.82) is 0 Å². The minimum atomic E-state index is -0.518. The molecule has 0 aliphatic heterocycles. The van der Waals surface area contributed by atoms with Gasteiger partial charge in [-0.05, 0) is 19.1 Å². The summed E-state index contributed by atoms with van der Waals surface area (Å²) in [7, 11) is 0. The lowest BCUT2D eigenvalue weighted by atomic mass is 10.2. The average Bonchev–Trinajstić information content (AvgIpc) is 3.31. The first-order valence-corrected chi connectivity index (χ1v) is 8.06. The molecule has 24 heavy (non-hydrogen) atoms. The van der Waals surface area contributed by atoms with Gasteiger partial charge in [0.25, 0.3) is 0 Å². The second-order valence-corrected chi connectivity index (χ2v) is 5.96. The van der Waals surface area contributed by atoms with Crippen LogP contribution in [0.5, 0.6) is 0 Å². The molecule has 0 radical (unpaired) electrons. The zero-order valence-corrected chi connectivity index (χ0v) is 13.5. The number of carbonyl (C=O) groups is 1. The van der Waals surface area contributed by atoms with Crippen LogP contribution in [-0.4, -0.2) is 26.1 Å². The third kappa shape index (κ3) is 2.79. The Bertz CT molecular complexity index is 984. The number of nitrogens with one attached hydrogen (secondary N) is 1. The summed E-state index contributed by atoms with van der Waals surface area (Å²) in [6.07, 6.45) is 0. The van der Waals surface area contributed by atoms with E-state index in [4.69, 9.17) is 9.15 Å². The van der Waals surface area contributed by atoms with Crippen molar-refractivity contribution in [2.45, 2.75) is 13.5 Å². The van der Waals surface area contributed by atoms with E-state index in [1.807, 2.05) is 30.3 Å². The summed E-state index contributed by atoms with van der Waals surface area (Å²) in [6.45, 7) is 1.78. The normalized spacial score (nSPS) is 11.0. The van der Waals surface area contributed by atoms with Crippen LogP contribution in [0.1, 0.15) is 22.1 Å². The predicted molar refractivity (Wildman–Crippen MR) is 87.6 cm³/mol. The van der Waals surface area contributed by atoms with E-state index in [0.29, 0.717) is 22.4 Å². The average molecular weight is 340 g/mol. The van der Waals surface area contributed by atoms with Gasteiger partial charge in [0, 0.05) is 10.8 Å². The molecule has 0 atom stereocenters. The highest BCUT2D eigenvalue weighted by Crippen LogP contribution is 2.30. The molecule has 0 aliphatic rings. The van der Waals surface area contributed by atoms with Crippen molar-refractivity contribution in [2.24, 2.45) is 0 Å². The molecule has 0 spiro atoms. The summed E-state index contributed by atoms with van der Waals surface area (Å²) in [5.41, 5.74) is 1.02. The zero-order chi connectivity index (χ0) is 16.5. The van der Waals surface area contributed by atoms with Crippen LogP contribution >= 0.6 is 11.3 Å². The van der Waals surface area contributed by atoms with E-state index in [1.54, 1.807) is 12.3 Å². The third-order valence-corrected chi connectivity index (χ3v) is 4.18. The summed E-state index contributed by atoms with van der Waals surface area (Å²) in [4.78, 5) is 20.4. The second kappa shape index (κ2) is 5.89. The van der Waals surface area contributed by atoms with Gasteiger partial charge in [-0.25, -0.2) is 14.8 Å². The maximum atomic E-state index is 12.1. The molecule has 4 aromatic rings. The van der Waals surface area contributed by atoms with Crippen molar-refractivity contribution < 1.29 is 13.9 Å². The standard InChI is InChI=1S/C16H12N4O3S/c1-9-17-14(20-19-9)7-22-16(21)11-8-24-15(18-11)13-6-10-4-2-3-5-12(10)23-13/h2-6,8H,7H2,1H3,(H,17,19,20). The SMILES string of the molecule is Cc1nc(COC(=O)c2csc(-c3cc4ccccc4o3)n2)n[nH]1. The van der Waals surface area contributed by atoms with Crippen molar-refractivity contribution in [3.8, 4) is 10.8 Å². The fourth-order valence-corrected chi connectivity index (χ4v) is 2.97. The van der Waals surface area contributed by atoms with Crippen molar-refractivity contribution >= 4 is 28.3 Å². The largest absolute Gasteiger partial charge is 0.454 e. The number of thiazole rings is 1. The number of aromatic nitrogens is 4. The molecule has 0 saturated carbocycles. The Balaban J connectivity index is 1.50. The first kappa shape index (κ1) is 14.6. The van der Waals surface area contributed by atoms with Gasteiger partial charge in [-0.3, -0.25) is 5.10 Å². The van der Waals surface area contributed by atoms with Crippen LogP contribution < -0.4 is 0 Å². The summed E-state index contributed by atoms with van der Waals surface area (Å²) in [6, 6.07) is 9.60. The number of benzene rings is 1. The first-order valence-electron chi connectivity index (χ1n) is 7.18. The van der Waals surface area contributed by atoms with Crippen LogP contribution in [0.4, 0.5) is 0 Å². The van der Waals surface area contributed by atoms with Crippen LogP contribution in [0, 0.1) is 6.92 Å². The molecule has 1 aromatic carbocycles. The van der Waals surface area contributed by atoms with E-state index in [1.165, 1.54) is 11.3 Å². The zero-order valence-electron chi connectivity index (χ0n) is 12.6. The number of nitrogens with zero attached hydrogens (tertiary/aromatic N) is 3. The van der Waals surface area contributed by atoms with Crippen molar-refractivity contribution in [1.82, 2.24) is 20.2 Å². The first-order chi connectivity index (χ1) is 11.7. The molecular formula is C16H12N4O3S. The Hall–Kier alpha value is -3.00. The molecule has 0 fully saturated rings. The van der Waals surface area contributed by atoms with Crippen molar-refractivity contribution in [3.05, 3.63) is 53.1 Å². The monoisotopic (exact) mass is 340 g/mol. The predicted octanol–water partition coefficient (Wildman–Crippen LogP) is 3.34. The minimum Gasteiger partial charge on any atom is -0.454 e. The number of hydrogen-bond acceptors (Lipinski definition) is 7. The van der Waals surface area contributed by atoms with Crippen molar-refractivity contribution in [2.75, 3.05) is 0 Å². The van der Waals surface area contributed by atoms with E-state index in [9.17, 15) is 4.79 Å². The Kier molecular flexibility index (Phi) is 3.58. The number of hydrogen-bond donors (Lipinski definition) is 1. The molecule has 0 saturated heterocycles. The smallest absolute Gasteiger partial charge is 0.358 e. The van der Waals surface area contributed by atoms with E-state index >= 15 is 0 Å². The maximum absolute atomic E-state index is 12.1. The van der Waals surface area contributed by atoms with Gasteiger partial charge in [0.1, 0.15) is 11.4 Å². The molecule has 0 bridgehead atoms. The number of aromatic amines is 1. The summed E-state index contributed by atoms with van der Waals surface area (Å²) in [5, 5.41) is 9.88. The van der Waals surface area contributed by atoms with Gasteiger partial charge in [0.2, 0.25) is 0 Å². The lowest BCUT2D eigenvalue weighted by molar-refractivity contribution is 0.0456. The van der Waals surface area contributed by atoms with Crippen LogP contribution in [0.2, 0.25) is 0 Å². The Morgan fingerprint density at radius 1 is 1.33 bits per heavy atom. The number of para-hydroxylation sites is 1. The van der Waals surface area contributed by atoms with Gasteiger partial charge >= 0.3 is 5.97 Å². The van der Waals surface area contributed by atoms with E-state index < -0.39 is 5.97 Å². The lowest BCUT2D eigenvalue weighted by Gasteiger charge is -1.98. The Morgan fingerprint density at radius 3 is 3.00 bits per heavy atom. The van der Waals surface area contributed by atoms with Gasteiger partial charge in [-0.1, -0.05) is 18.2 Å². The number of furan rings is 1. The van der Waals surface area contributed by atoms with Crippen molar-refractivity contribution in [3.63, 3.8) is 0 Å². The number of fused-ring (bicyclic) bond motifs is 1. The molecule has 0 unspecified atom stereocenters. The fourth-order valence-electron chi connectivity index (χ4n) is 2.23. The summed E-state index contributed by atoms with van der Waals surface area (Å²) < 4.78 is 10.9. The molecule has 4 rings (SSSR count). The van der Waals surface area contributed by atoms with E-state index in [2.05, 4.69) is 20.2 Å². The molecule has 3 heterocycles. The highest BCUT2D eigenvalue weighted by atomic mass is 32.1. The van der Waals surface area contributed by atoms with Gasteiger partial charge < -0.3 is 9.15 Å². The van der Waals surface area contributed by atoms with Gasteiger partial charge in [-0.15, -0.1) is 11.3 Å². The highest BCUT2D eigenvalue weighted by Gasteiger charge is 2.16. The van der Waals surface area contributed by atoms with Gasteiger partial charge in [0.05, 0.1) is 0 Å². The highest BCUT2D eigenvalue weighted by molar-refractivity contribution is 7.13. The Morgan fingerprint density at radius 2 is 2.21 bits per heavy atom. The molecule has 3 aromatic heterocycles. The Labute approximate surface area is 140 Å². The van der Waals surface area contributed by atoms with E-state index in [-0.39, 0.29) is 12.3 Å². The lowest BCUT2D eigenvalue weighted by Crippen LogP contribution is -2.06. The maximum Gasteiger partial charge on any atom is 0.358 e. The fraction of sp³-hybridized carbons (Fsp3) is 0.125. The molecule has 8 heteroatoms. The van der Waals surface area contributed by atoms with E-state index in [0.717, 1.165) is 11.0 Å². The summed E-state index contributed by atoms with van der Waals surface area (Å²) >= 11 is 1.33. The number of carbonyl (C=O) groups excluding carboxylic acids is 1. The van der Waals surface area contributed by atoms with Gasteiger partial charge in [-0.2, -0.15) is 5.10 Å². The molecule has 0 aliphatic carbocycles. The van der Waals surface area contributed by atoms with Crippen LogP contribution in [0.25, 0.3) is 21.7 Å². The van der Waals surface area contributed by atoms with Crippen LogP contribution in [0.15, 0.2) is 40.1 Å². The second-order valence-electron chi connectivity index (χ2n) is 5.10. The number of rotatable bonds is 4. The number of esters is 1. The topological polar surface area (TPSA) is 93.9 Å². The molecular weight excluding hydrogens is 328 g/mol. The van der Waals surface area contributed by atoms with Crippen LogP contribution in [-0.2, 0) is 11.3 Å². The number of aryl methyl sites for hydroxylation is 1. The summed E-state index contributed by atoms with van der Waals surface area (Å²) in [5.74, 6) is 1.20. The van der Waals surface area contributed by atoms with Crippen LogP contribution in [0.3, 0.4) is 0 Å². The molecule has 1 N–H and O–H groups in total. The number of ether oxygens (including phenoxy) is 1. The molecule has 0 amide bonds. The van der Waals surface area contributed by atoms with Gasteiger partial charge in [0.15, 0.2) is 28.9 Å². The third-order valence-electron chi connectivity index (χ3n) is 3.33. The number of H-pyrrole nitrogens is 1.